The Kier molecular flexibility index (Phi) is 5.04. The molecule has 0 radical (unpaired) electrons. The standard InChI is InChI=1S/C17H12ClF3N4O2/c1-9-13(14(25-27-9)10-5-3-2-4-6-10)16(26)24-23-15-12(18)7-11(8-22-15)17(19,20)21/h2-8H,1H3,(H,22,23)(H,24,26). The first-order valence-corrected chi connectivity index (χ1v) is 7.96. The first kappa shape index (κ1) is 18.7. The fourth-order valence-electron chi connectivity index (χ4n) is 2.30. The molecule has 2 aromatic heterocycles. The van der Waals surface area contributed by atoms with E-state index in [1.165, 1.54) is 0 Å². The van der Waals surface area contributed by atoms with E-state index in [0.29, 0.717) is 23.5 Å². The Morgan fingerprint density at radius 2 is 1.93 bits per heavy atom. The third-order valence-electron chi connectivity index (χ3n) is 3.60. The predicted octanol–water partition coefficient (Wildman–Crippen LogP) is 4.47. The quantitative estimate of drug-likeness (QED) is 0.636. The summed E-state index contributed by atoms with van der Waals surface area (Å²) in [6.45, 7) is 1.57. The predicted molar refractivity (Wildman–Crippen MR) is 92.0 cm³/mol. The molecule has 0 spiro atoms. The van der Waals surface area contributed by atoms with E-state index in [-0.39, 0.29) is 22.2 Å². The molecule has 1 amide bonds. The van der Waals surface area contributed by atoms with Crippen molar-refractivity contribution in [2.24, 2.45) is 0 Å². The van der Waals surface area contributed by atoms with Gasteiger partial charge >= 0.3 is 6.18 Å². The number of amides is 1. The molecule has 0 unspecified atom stereocenters. The normalized spacial score (nSPS) is 11.3. The highest BCUT2D eigenvalue weighted by Crippen LogP contribution is 2.32. The van der Waals surface area contributed by atoms with Crippen LogP contribution in [0.5, 0.6) is 0 Å². The van der Waals surface area contributed by atoms with Gasteiger partial charge in [0.2, 0.25) is 0 Å². The Hall–Kier alpha value is -3.07. The summed E-state index contributed by atoms with van der Waals surface area (Å²) in [6, 6.07) is 9.61. The summed E-state index contributed by atoms with van der Waals surface area (Å²) in [5.74, 6) is -0.460. The van der Waals surface area contributed by atoms with Gasteiger partial charge in [0, 0.05) is 11.8 Å². The van der Waals surface area contributed by atoms with E-state index in [1.807, 2.05) is 6.07 Å². The fraction of sp³-hybridized carbons (Fsp3) is 0.118. The molecule has 0 aliphatic heterocycles. The maximum absolute atomic E-state index is 12.6. The first-order chi connectivity index (χ1) is 12.8. The Balaban J connectivity index is 1.79. The van der Waals surface area contributed by atoms with Gasteiger partial charge in [-0.3, -0.25) is 15.6 Å². The Morgan fingerprint density at radius 3 is 2.56 bits per heavy atom. The smallest absolute Gasteiger partial charge is 0.360 e. The number of aromatic nitrogens is 2. The van der Waals surface area contributed by atoms with Gasteiger partial charge in [-0.1, -0.05) is 47.1 Å². The number of pyridine rings is 1. The lowest BCUT2D eigenvalue weighted by atomic mass is 10.1. The number of hydrazine groups is 1. The molecule has 3 aromatic rings. The number of anilines is 1. The van der Waals surface area contributed by atoms with E-state index in [9.17, 15) is 18.0 Å². The number of alkyl halides is 3. The van der Waals surface area contributed by atoms with Crippen molar-refractivity contribution in [2.75, 3.05) is 5.43 Å². The van der Waals surface area contributed by atoms with Gasteiger partial charge in [0.05, 0.1) is 10.6 Å². The lowest BCUT2D eigenvalue weighted by Gasteiger charge is -2.11. The third kappa shape index (κ3) is 4.03. The van der Waals surface area contributed by atoms with E-state index in [2.05, 4.69) is 21.0 Å². The molecule has 0 fully saturated rings. The molecule has 0 aliphatic rings. The van der Waals surface area contributed by atoms with Crippen molar-refractivity contribution in [3.8, 4) is 11.3 Å². The van der Waals surface area contributed by atoms with Gasteiger partial charge in [0.25, 0.3) is 5.91 Å². The molecule has 10 heteroatoms. The number of carbonyl (C=O) groups is 1. The Bertz CT molecular complexity index is 974. The van der Waals surface area contributed by atoms with Crippen molar-refractivity contribution in [1.29, 1.82) is 0 Å². The number of hydrogen-bond donors (Lipinski definition) is 2. The van der Waals surface area contributed by atoms with Crippen LogP contribution in [0.1, 0.15) is 21.7 Å². The van der Waals surface area contributed by atoms with Crippen molar-refractivity contribution in [1.82, 2.24) is 15.6 Å². The summed E-state index contributed by atoms with van der Waals surface area (Å²) in [7, 11) is 0. The van der Waals surface area contributed by atoms with Gasteiger partial charge in [-0.2, -0.15) is 13.2 Å². The zero-order valence-electron chi connectivity index (χ0n) is 13.8. The summed E-state index contributed by atoms with van der Waals surface area (Å²) in [5, 5.41) is 3.59. The van der Waals surface area contributed by atoms with Crippen LogP contribution < -0.4 is 10.9 Å². The van der Waals surface area contributed by atoms with Crippen LogP contribution in [-0.4, -0.2) is 16.0 Å². The van der Waals surface area contributed by atoms with Crippen LogP contribution >= 0.6 is 11.6 Å². The van der Waals surface area contributed by atoms with Gasteiger partial charge < -0.3 is 4.52 Å². The van der Waals surface area contributed by atoms with Crippen LogP contribution in [-0.2, 0) is 6.18 Å². The fourth-order valence-corrected chi connectivity index (χ4v) is 2.51. The molecule has 0 bridgehead atoms. The second kappa shape index (κ2) is 7.28. The largest absolute Gasteiger partial charge is 0.417 e. The van der Waals surface area contributed by atoms with Crippen molar-refractivity contribution in [3.63, 3.8) is 0 Å². The highest BCUT2D eigenvalue weighted by molar-refractivity contribution is 6.33. The van der Waals surface area contributed by atoms with E-state index in [1.54, 1.807) is 31.2 Å². The van der Waals surface area contributed by atoms with Crippen LogP contribution in [0.4, 0.5) is 19.0 Å². The van der Waals surface area contributed by atoms with E-state index in [4.69, 9.17) is 16.1 Å². The average molecular weight is 397 g/mol. The molecular formula is C17H12ClF3N4O2. The molecule has 0 atom stereocenters. The number of hydrogen-bond acceptors (Lipinski definition) is 5. The van der Waals surface area contributed by atoms with Crippen molar-refractivity contribution < 1.29 is 22.5 Å². The molecule has 1 aromatic carbocycles. The second-order valence-corrected chi connectivity index (χ2v) is 5.87. The highest BCUT2D eigenvalue weighted by Gasteiger charge is 2.31. The maximum Gasteiger partial charge on any atom is 0.417 e. The number of rotatable bonds is 4. The minimum Gasteiger partial charge on any atom is -0.360 e. The van der Waals surface area contributed by atoms with E-state index < -0.39 is 17.6 Å². The number of carbonyl (C=O) groups excluding carboxylic acids is 1. The molecule has 140 valence electrons. The summed E-state index contributed by atoms with van der Waals surface area (Å²) in [4.78, 5) is 16.1. The number of benzene rings is 1. The molecular weight excluding hydrogens is 385 g/mol. The van der Waals surface area contributed by atoms with Crippen LogP contribution in [0.25, 0.3) is 11.3 Å². The van der Waals surface area contributed by atoms with Gasteiger partial charge in [0.15, 0.2) is 5.82 Å². The van der Waals surface area contributed by atoms with Crippen molar-refractivity contribution in [3.05, 3.63) is 64.5 Å². The number of nitrogens with one attached hydrogen (secondary N) is 2. The second-order valence-electron chi connectivity index (χ2n) is 5.46. The lowest BCUT2D eigenvalue weighted by Crippen LogP contribution is -2.30. The third-order valence-corrected chi connectivity index (χ3v) is 3.89. The first-order valence-electron chi connectivity index (χ1n) is 7.58. The number of aryl methyl sites for hydroxylation is 1. The van der Waals surface area contributed by atoms with Crippen LogP contribution in [0, 0.1) is 6.92 Å². The topological polar surface area (TPSA) is 80.0 Å². The molecule has 2 heterocycles. The molecule has 0 saturated carbocycles. The molecule has 2 N–H and O–H groups in total. The minimum atomic E-state index is -4.57. The summed E-state index contributed by atoms with van der Waals surface area (Å²) < 4.78 is 43.0. The van der Waals surface area contributed by atoms with Gasteiger partial charge in [-0.05, 0) is 13.0 Å². The molecule has 3 rings (SSSR count). The lowest BCUT2D eigenvalue weighted by molar-refractivity contribution is -0.137. The van der Waals surface area contributed by atoms with Gasteiger partial charge in [0.1, 0.15) is 17.0 Å². The van der Waals surface area contributed by atoms with Crippen molar-refractivity contribution in [2.45, 2.75) is 13.1 Å². The molecule has 6 nitrogen and oxygen atoms in total. The number of nitrogens with zero attached hydrogens (tertiary/aromatic N) is 2. The van der Waals surface area contributed by atoms with Gasteiger partial charge in [-0.15, -0.1) is 0 Å². The van der Waals surface area contributed by atoms with E-state index >= 15 is 0 Å². The average Bonchev–Trinajstić information content (AvgIpc) is 3.02. The SMILES string of the molecule is Cc1onc(-c2ccccc2)c1C(=O)NNc1ncc(C(F)(F)F)cc1Cl. The number of halogens is 4. The Morgan fingerprint density at radius 1 is 1.22 bits per heavy atom. The summed E-state index contributed by atoms with van der Waals surface area (Å²) in [5.41, 5.74) is 4.93. The van der Waals surface area contributed by atoms with Crippen LogP contribution in [0.3, 0.4) is 0 Å². The van der Waals surface area contributed by atoms with E-state index in [0.717, 1.165) is 0 Å². The zero-order chi connectivity index (χ0) is 19.6. The summed E-state index contributed by atoms with van der Waals surface area (Å²) >= 11 is 5.80. The van der Waals surface area contributed by atoms with Crippen LogP contribution in [0.15, 0.2) is 47.1 Å². The monoisotopic (exact) mass is 396 g/mol. The zero-order valence-corrected chi connectivity index (χ0v) is 14.5. The maximum atomic E-state index is 12.6. The van der Waals surface area contributed by atoms with Crippen LogP contribution in [0.2, 0.25) is 5.02 Å². The molecule has 27 heavy (non-hydrogen) atoms. The Labute approximate surface area is 156 Å². The summed E-state index contributed by atoms with van der Waals surface area (Å²) in [6.07, 6.45) is -3.96. The van der Waals surface area contributed by atoms with Gasteiger partial charge in [-0.25, -0.2) is 4.98 Å². The molecule has 0 saturated heterocycles. The van der Waals surface area contributed by atoms with Crippen molar-refractivity contribution >= 4 is 23.3 Å². The highest BCUT2D eigenvalue weighted by atomic mass is 35.5. The molecule has 0 aliphatic carbocycles. The minimum absolute atomic E-state index is 0.131.